The topological polar surface area (TPSA) is 56.5 Å². The predicted molar refractivity (Wildman–Crippen MR) is 112 cm³/mol. The lowest BCUT2D eigenvalue weighted by Crippen LogP contribution is -2.12. The number of Topliss-reactive ketones (excluding diaryl/α,β-unsaturated/α-hetero) is 1. The van der Waals surface area contributed by atoms with E-state index in [-0.39, 0.29) is 18.0 Å². The molecule has 0 aliphatic heterocycles. The summed E-state index contributed by atoms with van der Waals surface area (Å²) < 4.78 is 11.5. The van der Waals surface area contributed by atoms with Crippen LogP contribution in [-0.4, -0.2) is 5.78 Å². The number of hydrogen-bond acceptors (Lipinski definition) is 4. The van der Waals surface area contributed by atoms with Crippen LogP contribution in [0.1, 0.15) is 53.7 Å². The van der Waals surface area contributed by atoms with Crippen LogP contribution in [0.4, 0.5) is 0 Å². The standard InChI is InChI=1S/C23H23ClO4/c1-4-5-6-19-14(2)18-11-12-20(21(15(3)25)22(18)28-23(19)26)27-13-16-7-9-17(24)10-8-16/h7-12H,4-6,13H2,1-3H3. The first kappa shape index (κ1) is 20.2. The van der Waals surface area contributed by atoms with Gasteiger partial charge in [-0.3, -0.25) is 4.79 Å². The third kappa shape index (κ3) is 4.12. The molecule has 1 heterocycles. The number of fused-ring (bicyclic) bond motifs is 1. The zero-order valence-corrected chi connectivity index (χ0v) is 17.1. The van der Waals surface area contributed by atoms with Gasteiger partial charge in [0.05, 0.1) is 0 Å². The summed E-state index contributed by atoms with van der Waals surface area (Å²) >= 11 is 5.91. The Morgan fingerprint density at radius 3 is 2.50 bits per heavy atom. The zero-order chi connectivity index (χ0) is 20.3. The molecular weight excluding hydrogens is 376 g/mol. The number of aryl methyl sites for hydroxylation is 1. The largest absolute Gasteiger partial charge is 0.488 e. The molecule has 1 aromatic heterocycles. The number of benzene rings is 2. The molecule has 0 spiro atoms. The highest BCUT2D eigenvalue weighted by Crippen LogP contribution is 2.31. The average Bonchev–Trinajstić information content (AvgIpc) is 2.66. The third-order valence-electron chi connectivity index (χ3n) is 4.86. The fourth-order valence-electron chi connectivity index (χ4n) is 3.27. The zero-order valence-electron chi connectivity index (χ0n) is 16.3. The molecule has 28 heavy (non-hydrogen) atoms. The summed E-state index contributed by atoms with van der Waals surface area (Å²) in [5.41, 5.74) is 2.69. The smallest absolute Gasteiger partial charge is 0.339 e. The minimum atomic E-state index is -0.379. The van der Waals surface area contributed by atoms with Crippen LogP contribution in [0.25, 0.3) is 11.0 Å². The number of hydrogen-bond donors (Lipinski definition) is 0. The fraction of sp³-hybridized carbons (Fsp3) is 0.304. The van der Waals surface area contributed by atoms with Crippen LogP contribution in [0.15, 0.2) is 45.6 Å². The number of halogens is 1. The third-order valence-corrected chi connectivity index (χ3v) is 5.11. The minimum Gasteiger partial charge on any atom is -0.488 e. The number of unbranched alkanes of at least 4 members (excludes halogenated alkanes) is 1. The van der Waals surface area contributed by atoms with Gasteiger partial charge in [0.1, 0.15) is 17.9 Å². The van der Waals surface area contributed by atoms with E-state index < -0.39 is 0 Å². The van der Waals surface area contributed by atoms with E-state index in [1.807, 2.05) is 25.1 Å². The van der Waals surface area contributed by atoms with Crippen LogP contribution >= 0.6 is 11.6 Å². The molecule has 146 valence electrons. The Balaban J connectivity index is 2.04. The van der Waals surface area contributed by atoms with E-state index in [0.717, 1.165) is 29.4 Å². The van der Waals surface area contributed by atoms with E-state index in [0.29, 0.717) is 33.9 Å². The predicted octanol–water partition coefficient (Wildman–Crippen LogP) is 5.88. The van der Waals surface area contributed by atoms with Gasteiger partial charge in [0, 0.05) is 16.0 Å². The molecule has 4 nitrogen and oxygen atoms in total. The normalized spacial score (nSPS) is 11.0. The van der Waals surface area contributed by atoms with Crippen molar-refractivity contribution >= 4 is 28.4 Å². The molecule has 3 aromatic rings. The van der Waals surface area contributed by atoms with Crippen molar-refractivity contribution < 1.29 is 13.9 Å². The molecule has 2 aromatic carbocycles. The number of ether oxygens (including phenoxy) is 1. The van der Waals surface area contributed by atoms with E-state index >= 15 is 0 Å². The number of ketones is 1. The van der Waals surface area contributed by atoms with Crippen LogP contribution in [0, 0.1) is 6.92 Å². The summed E-state index contributed by atoms with van der Waals surface area (Å²) in [6, 6.07) is 10.9. The highest BCUT2D eigenvalue weighted by molar-refractivity contribution is 6.30. The van der Waals surface area contributed by atoms with Crippen molar-refractivity contribution in [3.63, 3.8) is 0 Å². The Kier molecular flexibility index (Phi) is 6.20. The van der Waals surface area contributed by atoms with Gasteiger partial charge >= 0.3 is 5.63 Å². The SMILES string of the molecule is CCCCc1c(C)c2ccc(OCc3ccc(Cl)cc3)c(C(C)=O)c2oc1=O. The Labute approximate surface area is 169 Å². The first-order valence-corrected chi connectivity index (χ1v) is 9.77. The molecule has 3 rings (SSSR count). The van der Waals surface area contributed by atoms with Crippen LogP contribution in [-0.2, 0) is 13.0 Å². The van der Waals surface area contributed by atoms with Crippen molar-refractivity contribution in [3.8, 4) is 5.75 Å². The lowest BCUT2D eigenvalue weighted by atomic mass is 9.98. The highest BCUT2D eigenvalue weighted by Gasteiger charge is 2.20. The van der Waals surface area contributed by atoms with Gasteiger partial charge in [-0.15, -0.1) is 0 Å². The van der Waals surface area contributed by atoms with E-state index in [9.17, 15) is 9.59 Å². The number of carbonyl (C=O) groups excluding carboxylic acids is 1. The van der Waals surface area contributed by atoms with Gasteiger partial charge in [0.15, 0.2) is 11.4 Å². The summed E-state index contributed by atoms with van der Waals surface area (Å²) in [4.78, 5) is 24.9. The van der Waals surface area contributed by atoms with E-state index in [1.54, 1.807) is 18.2 Å². The lowest BCUT2D eigenvalue weighted by molar-refractivity contribution is 0.101. The van der Waals surface area contributed by atoms with Crippen LogP contribution < -0.4 is 10.4 Å². The molecule has 0 N–H and O–H groups in total. The second kappa shape index (κ2) is 8.61. The Morgan fingerprint density at radius 2 is 1.86 bits per heavy atom. The maximum Gasteiger partial charge on any atom is 0.339 e. The summed E-state index contributed by atoms with van der Waals surface area (Å²) in [6.45, 7) is 5.71. The maximum atomic E-state index is 12.5. The van der Waals surface area contributed by atoms with E-state index in [4.69, 9.17) is 20.8 Å². The van der Waals surface area contributed by atoms with E-state index in [2.05, 4.69) is 6.92 Å². The first-order chi connectivity index (χ1) is 13.4. The molecule has 0 aliphatic rings. The lowest BCUT2D eigenvalue weighted by Gasteiger charge is -2.14. The molecule has 0 amide bonds. The fourth-order valence-corrected chi connectivity index (χ4v) is 3.40. The highest BCUT2D eigenvalue weighted by atomic mass is 35.5. The summed E-state index contributed by atoms with van der Waals surface area (Å²) in [7, 11) is 0. The first-order valence-electron chi connectivity index (χ1n) is 9.39. The van der Waals surface area contributed by atoms with Crippen molar-refractivity contribution in [2.45, 2.75) is 46.6 Å². The molecular formula is C23H23ClO4. The quantitative estimate of drug-likeness (QED) is 0.368. The van der Waals surface area contributed by atoms with Crippen molar-refractivity contribution in [1.29, 1.82) is 0 Å². The second-order valence-corrected chi connectivity index (χ2v) is 7.32. The average molecular weight is 399 g/mol. The number of rotatable bonds is 7. The van der Waals surface area contributed by atoms with Crippen molar-refractivity contribution in [3.05, 3.63) is 74.1 Å². The molecule has 0 radical (unpaired) electrons. The second-order valence-electron chi connectivity index (χ2n) is 6.88. The van der Waals surface area contributed by atoms with Gasteiger partial charge in [-0.2, -0.15) is 0 Å². The molecule has 0 aliphatic carbocycles. The van der Waals surface area contributed by atoms with Crippen LogP contribution in [0.2, 0.25) is 5.02 Å². The van der Waals surface area contributed by atoms with Gasteiger partial charge in [0.2, 0.25) is 0 Å². The van der Waals surface area contributed by atoms with Gasteiger partial charge in [-0.25, -0.2) is 4.79 Å². The monoisotopic (exact) mass is 398 g/mol. The van der Waals surface area contributed by atoms with E-state index in [1.165, 1.54) is 6.92 Å². The Hall–Kier alpha value is -2.59. The summed E-state index contributed by atoms with van der Waals surface area (Å²) in [5.74, 6) is 0.194. The van der Waals surface area contributed by atoms with Gasteiger partial charge in [0.25, 0.3) is 0 Å². The van der Waals surface area contributed by atoms with Gasteiger partial charge in [-0.1, -0.05) is 37.1 Å². The number of carbonyl (C=O) groups is 1. The molecule has 0 unspecified atom stereocenters. The molecule has 0 fully saturated rings. The van der Waals surface area contributed by atoms with Gasteiger partial charge in [-0.05, 0) is 62.1 Å². The van der Waals surface area contributed by atoms with Crippen molar-refractivity contribution in [1.82, 2.24) is 0 Å². The van der Waals surface area contributed by atoms with Crippen LogP contribution in [0.5, 0.6) is 5.75 Å². The Morgan fingerprint density at radius 1 is 1.14 bits per heavy atom. The van der Waals surface area contributed by atoms with Crippen molar-refractivity contribution in [2.24, 2.45) is 0 Å². The minimum absolute atomic E-state index is 0.208. The molecule has 5 heteroatoms. The van der Waals surface area contributed by atoms with Crippen LogP contribution in [0.3, 0.4) is 0 Å². The Bertz CT molecular complexity index is 1060. The van der Waals surface area contributed by atoms with Gasteiger partial charge < -0.3 is 9.15 Å². The molecule has 0 saturated heterocycles. The van der Waals surface area contributed by atoms with Crippen molar-refractivity contribution in [2.75, 3.05) is 0 Å². The summed E-state index contributed by atoms with van der Waals surface area (Å²) in [6.07, 6.45) is 2.58. The maximum absolute atomic E-state index is 12.5. The molecule has 0 atom stereocenters. The molecule has 0 saturated carbocycles. The summed E-state index contributed by atoms with van der Waals surface area (Å²) in [5, 5.41) is 1.42. The molecule has 0 bridgehead atoms.